The maximum Gasteiger partial charge on any atom is 0.224 e. The van der Waals surface area contributed by atoms with Gasteiger partial charge in [0.1, 0.15) is 11.6 Å². The number of anilines is 3. The Kier molecular flexibility index (Phi) is 3.99. The van der Waals surface area contributed by atoms with E-state index in [0.717, 1.165) is 49.5 Å². The minimum Gasteiger partial charge on any atom is -0.354 e. The summed E-state index contributed by atoms with van der Waals surface area (Å²) < 4.78 is 4.51. The molecule has 3 heterocycles. The predicted molar refractivity (Wildman–Crippen MR) is 92.5 cm³/mol. The Hall–Kier alpha value is -1.96. The molecule has 23 heavy (non-hydrogen) atoms. The lowest BCUT2D eigenvalue weighted by atomic mass is 10.3. The lowest BCUT2D eigenvalue weighted by molar-refractivity contribution is 0.644. The van der Waals surface area contributed by atoms with Gasteiger partial charge in [0.15, 0.2) is 0 Å². The summed E-state index contributed by atoms with van der Waals surface area (Å²) in [7, 11) is 0. The third-order valence-electron chi connectivity index (χ3n) is 4.22. The molecule has 1 aliphatic heterocycles. The van der Waals surface area contributed by atoms with E-state index in [-0.39, 0.29) is 0 Å². The molecule has 1 saturated heterocycles. The maximum absolute atomic E-state index is 4.71. The van der Waals surface area contributed by atoms with Crippen molar-refractivity contribution in [3.8, 4) is 0 Å². The highest BCUT2D eigenvalue weighted by Gasteiger charge is 2.29. The highest BCUT2D eigenvalue weighted by Crippen LogP contribution is 2.39. The molecule has 2 fully saturated rings. The van der Waals surface area contributed by atoms with Gasteiger partial charge < -0.3 is 15.1 Å². The van der Waals surface area contributed by atoms with Crippen molar-refractivity contribution in [3.63, 3.8) is 0 Å². The van der Waals surface area contributed by atoms with Crippen LogP contribution in [0.4, 0.5) is 16.9 Å². The van der Waals surface area contributed by atoms with E-state index < -0.39 is 0 Å². The van der Waals surface area contributed by atoms with Gasteiger partial charge in [0.2, 0.25) is 11.1 Å². The molecule has 2 aliphatic rings. The average molecular weight is 331 g/mol. The molecule has 0 bridgehead atoms. The zero-order valence-corrected chi connectivity index (χ0v) is 14.1. The quantitative estimate of drug-likeness (QED) is 0.898. The Balaban J connectivity index is 1.39. The number of hydrogen-bond acceptors (Lipinski definition) is 8. The van der Waals surface area contributed by atoms with Crippen molar-refractivity contribution < 1.29 is 0 Å². The van der Waals surface area contributed by atoms with Crippen molar-refractivity contribution in [2.24, 2.45) is 0 Å². The van der Waals surface area contributed by atoms with Crippen molar-refractivity contribution in [3.05, 3.63) is 18.1 Å². The van der Waals surface area contributed by atoms with Crippen LogP contribution in [0.5, 0.6) is 0 Å². The molecule has 1 saturated carbocycles. The number of hydrogen-bond donors (Lipinski definition) is 1. The normalized spacial score (nSPS) is 18.3. The van der Waals surface area contributed by atoms with E-state index in [9.17, 15) is 0 Å². The van der Waals surface area contributed by atoms with E-state index >= 15 is 0 Å². The fraction of sp³-hybridized carbons (Fsp3) is 0.600. The predicted octanol–water partition coefficient (Wildman–Crippen LogP) is 1.96. The highest BCUT2D eigenvalue weighted by atomic mass is 32.1. The number of nitrogens with one attached hydrogen (secondary N) is 1. The molecule has 8 heteroatoms. The molecular weight excluding hydrogens is 310 g/mol. The van der Waals surface area contributed by atoms with E-state index in [1.165, 1.54) is 12.8 Å². The first kappa shape index (κ1) is 14.6. The highest BCUT2D eigenvalue weighted by molar-refractivity contribution is 7.09. The average Bonchev–Trinajstić information content (AvgIpc) is 3.33. The van der Waals surface area contributed by atoms with Gasteiger partial charge in [-0.3, -0.25) is 0 Å². The zero-order valence-electron chi connectivity index (χ0n) is 13.3. The summed E-state index contributed by atoms with van der Waals surface area (Å²) in [6.07, 6.45) is 4.33. The van der Waals surface area contributed by atoms with E-state index in [4.69, 9.17) is 4.98 Å². The summed E-state index contributed by atoms with van der Waals surface area (Å²) in [5.41, 5.74) is 0. The van der Waals surface area contributed by atoms with Gasteiger partial charge in [0.25, 0.3) is 0 Å². The summed E-state index contributed by atoms with van der Waals surface area (Å²) in [5.74, 6) is 3.38. The molecule has 7 nitrogen and oxygen atoms in total. The van der Waals surface area contributed by atoms with Gasteiger partial charge in [-0.1, -0.05) is 0 Å². The van der Waals surface area contributed by atoms with Crippen LogP contribution in [-0.2, 0) is 0 Å². The van der Waals surface area contributed by atoms with Crippen LogP contribution in [0.1, 0.15) is 31.5 Å². The molecule has 2 aromatic heterocycles. The summed E-state index contributed by atoms with van der Waals surface area (Å²) >= 11 is 1.54. The largest absolute Gasteiger partial charge is 0.354 e. The minimum absolute atomic E-state index is 0.631. The molecule has 122 valence electrons. The second-order valence-corrected chi connectivity index (χ2v) is 6.68. The molecule has 0 aromatic carbocycles. The Bertz CT molecular complexity index is 661. The van der Waals surface area contributed by atoms with Gasteiger partial charge in [0, 0.05) is 56.4 Å². The van der Waals surface area contributed by atoms with Gasteiger partial charge in [-0.05, 0) is 25.8 Å². The number of piperazine rings is 1. The molecule has 1 aliphatic carbocycles. The van der Waals surface area contributed by atoms with Crippen molar-refractivity contribution in [1.82, 2.24) is 19.3 Å². The van der Waals surface area contributed by atoms with Gasteiger partial charge in [-0.2, -0.15) is 9.36 Å². The van der Waals surface area contributed by atoms with Crippen LogP contribution in [0.3, 0.4) is 0 Å². The standard InChI is InChI=1S/C15H21N7S/c1-2-16-14-17-6-5-12(18-14)21-7-9-22(10-8-21)15-19-13(20-23-15)11-3-4-11/h5-6,11H,2-4,7-10H2,1H3,(H,16,17,18). The smallest absolute Gasteiger partial charge is 0.224 e. The van der Waals surface area contributed by atoms with E-state index in [2.05, 4.69) is 29.5 Å². The second kappa shape index (κ2) is 6.27. The Morgan fingerprint density at radius 1 is 1.17 bits per heavy atom. The van der Waals surface area contributed by atoms with Crippen LogP contribution in [0, 0.1) is 0 Å². The van der Waals surface area contributed by atoms with E-state index in [1.807, 2.05) is 19.2 Å². The summed E-state index contributed by atoms with van der Waals surface area (Å²) in [5, 5.41) is 4.24. The zero-order chi connectivity index (χ0) is 15.6. The number of rotatable bonds is 5. The van der Waals surface area contributed by atoms with Crippen LogP contribution in [0.2, 0.25) is 0 Å². The van der Waals surface area contributed by atoms with Crippen LogP contribution in [0.25, 0.3) is 0 Å². The molecule has 4 rings (SSSR count). The lowest BCUT2D eigenvalue weighted by Crippen LogP contribution is -2.46. The lowest BCUT2D eigenvalue weighted by Gasteiger charge is -2.35. The first-order chi connectivity index (χ1) is 11.3. The molecule has 0 unspecified atom stereocenters. The molecule has 0 radical (unpaired) electrons. The Morgan fingerprint density at radius 3 is 2.70 bits per heavy atom. The van der Waals surface area contributed by atoms with Gasteiger partial charge in [0.05, 0.1) is 0 Å². The second-order valence-electron chi connectivity index (χ2n) is 5.95. The number of aromatic nitrogens is 4. The first-order valence-corrected chi connectivity index (χ1v) is 9.01. The van der Waals surface area contributed by atoms with Crippen molar-refractivity contribution >= 4 is 28.4 Å². The third kappa shape index (κ3) is 3.21. The van der Waals surface area contributed by atoms with Crippen LogP contribution >= 0.6 is 11.5 Å². The molecular formula is C15H21N7S. The van der Waals surface area contributed by atoms with E-state index in [0.29, 0.717) is 11.9 Å². The number of nitrogens with zero attached hydrogens (tertiary/aromatic N) is 6. The summed E-state index contributed by atoms with van der Waals surface area (Å²) in [6.45, 7) is 6.69. The topological polar surface area (TPSA) is 70.1 Å². The fourth-order valence-electron chi connectivity index (χ4n) is 2.76. The molecule has 1 N–H and O–H groups in total. The molecule has 0 spiro atoms. The van der Waals surface area contributed by atoms with Crippen molar-refractivity contribution in [1.29, 1.82) is 0 Å². The summed E-state index contributed by atoms with van der Waals surface area (Å²) in [4.78, 5) is 18.2. The molecule has 0 atom stereocenters. The van der Waals surface area contributed by atoms with Crippen LogP contribution in [-0.4, -0.2) is 52.0 Å². The van der Waals surface area contributed by atoms with Gasteiger partial charge >= 0.3 is 0 Å². The third-order valence-corrected chi connectivity index (χ3v) is 5.01. The first-order valence-electron chi connectivity index (χ1n) is 8.24. The monoisotopic (exact) mass is 331 g/mol. The van der Waals surface area contributed by atoms with Crippen LogP contribution in [0.15, 0.2) is 12.3 Å². The minimum atomic E-state index is 0.631. The van der Waals surface area contributed by atoms with Gasteiger partial charge in [-0.25, -0.2) is 9.97 Å². The fourth-order valence-corrected chi connectivity index (χ4v) is 3.56. The Morgan fingerprint density at radius 2 is 1.96 bits per heavy atom. The molecule has 2 aromatic rings. The molecule has 0 amide bonds. The van der Waals surface area contributed by atoms with Gasteiger partial charge in [-0.15, -0.1) is 0 Å². The Labute approximate surface area is 139 Å². The van der Waals surface area contributed by atoms with Crippen LogP contribution < -0.4 is 15.1 Å². The van der Waals surface area contributed by atoms with Crippen molar-refractivity contribution in [2.75, 3.05) is 47.8 Å². The SMILES string of the molecule is CCNc1nccc(N2CCN(c3nc(C4CC4)ns3)CC2)n1. The van der Waals surface area contributed by atoms with E-state index in [1.54, 1.807) is 11.5 Å². The van der Waals surface area contributed by atoms with Crippen molar-refractivity contribution in [2.45, 2.75) is 25.7 Å². The summed E-state index contributed by atoms with van der Waals surface area (Å²) in [6, 6.07) is 1.98. The maximum atomic E-state index is 4.71.